The molecule has 0 fully saturated rings. The lowest BCUT2D eigenvalue weighted by Gasteiger charge is -2.09. The third kappa shape index (κ3) is 3.23. The zero-order valence-corrected chi connectivity index (χ0v) is 13.3. The molecule has 0 aliphatic carbocycles. The summed E-state index contributed by atoms with van der Waals surface area (Å²) < 4.78 is 11.2. The van der Waals surface area contributed by atoms with Crippen molar-refractivity contribution in [3.8, 4) is 11.5 Å². The molecule has 0 atom stereocenters. The number of halogens is 2. The van der Waals surface area contributed by atoms with Crippen LogP contribution in [0.1, 0.15) is 10.4 Å². The topological polar surface area (TPSA) is 70.4 Å². The first kappa shape index (κ1) is 16.3. The Balaban J connectivity index is 2.30. The van der Waals surface area contributed by atoms with E-state index in [1.165, 1.54) is 26.5 Å². The van der Waals surface area contributed by atoms with Crippen molar-refractivity contribution < 1.29 is 14.3 Å². The van der Waals surface area contributed by atoms with Crippen LogP contribution in [-0.4, -0.2) is 29.8 Å². The number of methoxy groups -OCH3 is 2. The van der Waals surface area contributed by atoms with Gasteiger partial charge < -0.3 is 9.47 Å². The predicted octanol–water partition coefficient (Wildman–Crippen LogP) is 2.45. The Kier molecular flexibility index (Phi) is 5.05. The summed E-state index contributed by atoms with van der Waals surface area (Å²) in [5.41, 5.74) is -0.264. The van der Waals surface area contributed by atoms with Crippen molar-refractivity contribution in [3.05, 3.63) is 50.4 Å². The Labute approximate surface area is 136 Å². The number of carbonyl (C=O) groups excluding carboxylic acids is 1. The molecule has 1 aromatic heterocycles. The molecule has 1 aromatic carbocycles. The van der Waals surface area contributed by atoms with E-state index in [9.17, 15) is 9.59 Å². The van der Waals surface area contributed by atoms with Crippen molar-refractivity contribution >= 4 is 29.0 Å². The lowest BCUT2D eigenvalue weighted by Crippen LogP contribution is -2.27. The summed E-state index contributed by atoms with van der Waals surface area (Å²) in [6.07, 6.45) is 1.22. The lowest BCUT2D eigenvalue weighted by molar-refractivity contribution is 0.0965. The van der Waals surface area contributed by atoms with E-state index >= 15 is 0 Å². The third-order valence-electron chi connectivity index (χ3n) is 2.94. The molecule has 0 unspecified atom stereocenters. The van der Waals surface area contributed by atoms with Crippen molar-refractivity contribution in [2.24, 2.45) is 0 Å². The van der Waals surface area contributed by atoms with E-state index < -0.39 is 5.56 Å². The Morgan fingerprint density at radius 3 is 2.55 bits per heavy atom. The molecule has 0 aliphatic heterocycles. The standard InChI is InChI=1S/C14H12Cl2N2O4/c1-21-11-4-3-8(5-12(11)22-2)10(19)7-18-14(20)13(16)9(15)6-17-18/h3-6H,7H2,1-2H3. The number of Topliss-reactive ketones (excluding diaryl/α,β-unsaturated/α-hetero) is 1. The molecule has 22 heavy (non-hydrogen) atoms. The second-order valence-corrected chi connectivity index (χ2v) is 5.05. The molecule has 0 saturated carbocycles. The van der Waals surface area contributed by atoms with E-state index in [-0.39, 0.29) is 22.4 Å². The van der Waals surface area contributed by atoms with E-state index in [4.69, 9.17) is 32.7 Å². The quantitative estimate of drug-likeness (QED) is 0.780. The average molecular weight is 343 g/mol. The minimum Gasteiger partial charge on any atom is -0.493 e. The second kappa shape index (κ2) is 6.81. The number of ketones is 1. The van der Waals surface area contributed by atoms with E-state index in [0.717, 1.165) is 4.68 Å². The maximum absolute atomic E-state index is 12.3. The van der Waals surface area contributed by atoms with Crippen LogP contribution in [0, 0.1) is 0 Å². The third-order valence-corrected chi connectivity index (χ3v) is 3.69. The second-order valence-electron chi connectivity index (χ2n) is 4.26. The van der Waals surface area contributed by atoms with E-state index in [1.54, 1.807) is 12.1 Å². The van der Waals surface area contributed by atoms with E-state index in [0.29, 0.717) is 17.1 Å². The van der Waals surface area contributed by atoms with Crippen LogP contribution in [0.4, 0.5) is 0 Å². The highest BCUT2D eigenvalue weighted by Crippen LogP contribution is 2.27. The number of hydrogen-bond donors (Lipinski definition) is 0. The predicted molar refractivity (Wildman–Crippen MR) is 82.4 cm³/mol. The number of aromatic nitrogens is 2. The minimum atomic E-state index is -0.622. The van der Waals surface area contributed by atoms with Gasteiger partial charge in [-0.05, 0) is 18.2 Å². The molecule has 0 radical (unpaired) electrons. The van der Waals surface area contributed by atoms with Crippen LogP contribution in [0.15, 0.2) is 29.2 Å². The first-order valence-corrected chi connectivity index (χ1v) is 6.90. The number of benzene rings is 1. The van der Waals surface area contributed by atoms with Gasteiger partial charge in [-0.2, -0.15) is 5.10 Å². The van der Waals surface area contributed by atoms with Gasteiger partial charge in [0, 0.05) is 5.56 Å². The average Bonchev–Trinajstić information content (AvgIpc) is 2.54. The van der Waals surface area contributed by atoms with Gasteiger partial charge in [0.05, 0.1) is 25.4 Å². The van der Waals surface area contributed by atoms with Crippen LogP contribution in [0.2, 0.25) is 10.0 Å². The van der Waals surface area contributed by atoms with Crippen LogP contribution in [0.5, 0.6) is 11.5 Å². The fraction of sp³-hybridized carbons (Fsp3) is 0.214. The Bertz CT molecular complexity index is 774. The molecule has 0 amide bonds. The molecular weight excluding hydrogens is 331 g/mol. The number of nitrogens with zero attached hydrogens (tertiary/aromatic N) is 2. The maximum atomic E-state index is 12.3. The van der Waals surface area contributed by atoms with Gasteiger partial charge in [0.15, 0.2) is 17.3 Å². The van der Waals surface area contributed by atoms with E-state index in [1.807, 2.05) is 0 Å². The van der Waals surface area contributed by atoms with Crippen molar-refractivity contribution in [2.75, 3.05) is 14.2 Å². The summed E-state index contributed by atoms with van der Waals surface area (Å²) in [6, 6.07) is 4.72. The molecule has 0 saturated heterocycles. The molecule has 116 valence electrons. The molecule has 0 spiro atoms. The molecule has 6 nitrogen and oxygen atoms in total. The number of hydrogen-bond acceptors (Lipinski definition) is 5. The van der Waals surface area contributed by atoms with Gasteiger partial charge in [-0.15, -0.1) is 0 Å². The summed E-state index contributed by atoms with van der Waals surface area (Å²) in [5, 5.41) is 3.66. The highest BCUT2D eigenvalue weighted by molar-refractivity contribution is 6.41. The van der Waals surface area contributed by atoms with E-state index in [2.05, 4.69) is 5.10 Å². The zero-order valence-electron chi connectivity index (χ0n) is 11.8. The number of carbonyl (C=O) groups is 1. The molecular formula is C14H12Cl2N2O4. The Morgan fingerprint density at radius 2 is 1.91 bits per heavy atom. The van der Waals surface area contributed by atoms with Crippen LogP contribution in [-0.2, 0) is 6.54 Å². The van der Waals surface area contributed by atoms with Gasteiger partial charge >= 0.3 is 0 Å². The summed E-state index contributed by atoms with van der Waals surface area (Å²) in [5.74, 6) is 0.598. The fourth-order valence-electron chi connectivity index (χ4n) is 1.79. The molecule has 2 aromatic rings. The number of ether oxygens (including phenoxy) is 2. The van der Waals surface area contributed by atoms with Gasteiger partial charge in [-0.25, -0.2) is 4.68 Å². The van der Waals surface area contributed by atoms with Crippen LogP contribution in [0.3, 0.4) is 0 Å². The fourth-order valence-corrected chi connectivity index (χ4v) is 2.07. The highest BCUT2D eigenvalue weighted by atomic mass is 35.5. The molecule has 1 heterocycles. The van der Waals surface area contributed by atoms with Crippen LogP contribution >= 0.6 is 23.2 Å². The van der Waals surface area contributed by atoms with Gasteiger partial charge in [0.2, 0.25) is 0 Å². The van der Waals surface area contributed by atoms with Crippen LogP contribution < -0.4 is 15.0 Å². The summed E-state index contributed by atoms with van der Waals surface area (Å²) in [6.45, 7) is -0.259. The first-order chi connectivity index (χ1) is 10.5. The molecule has 0 aliphatic rings. The van der Waals surface area contributed by atoms with Gasteiger partial charge in [-0.1, -0.05) is 23.2 Å². The summed E-state index contributed by atoms with van der Waals surface area (Å²) in [7, 11) is 2.97. The van der Waals surface area contributed by atoms with Crippen molar-refractivity contribution in [2.45, 2.75) is 6.54 Å². The van der Waals surface area contributed by atoms with Crippen molar-refractivity contribution in [1.82, 2.24) is 9.78 Å². The highest BCUT2D eigenvalue weighted by Gasteiger charge is 2.14. The molecule has 8 heteroatoms. The van der Waals surface area contributed by atoms with Gasteiger partial charge in [0.1, 0.15) is 11.6 Å². The summed E-state index contributed by atoms with van der Waals surface area (Å²) in [4.78, 5) is 24.1. The van der Waals surface area contributed by atoms with Gasteiger partial charge in [0.25, 0.3) is 5.56 Å². The van der Waals surface area contributed by atoms with Crippen LogP contribution in [0.25, 0.3) is 0 Å². The van der Waals surface area contributed by atoms with Crippen molar-refractivity contribution in [1.29, 1.82) is 0 Å². The zero-order chi connectivity index (χ0) is 16.3. The van der Waals surface area contributed by atoms with Crippen molar-refractivity contribution in [3.63, 3.8) is 0 Å². The summed E-state index contributed by atoms with van der Waals surface area (Å²) >= 11 is 11.4. The largest absolute Gasteiger partial charge is 0.493 e. The smallest absolute Gasteiger partial charge is 0.287 e. The SMILES string of the molecule is COc1ccc(C(=O)Cn2ncc(Cl)c(Cl)c2=O)cc1OC. The maximum Gasteiger partial charge on any atom is 0.287 e. The van der Waals surface area contributed by atoms with Gasteiger partial charge in [-0.3, -0.25) is 9.59 Å². The lowest BCUT2D eigenvalue weighted by atomic mass is 10.1. The Morgan fingerprint density at radius 1 is 1.23 bits per heavy atom. The molecule has 0 bridgehead atoms. The number of rotatable bonds is 5. The molecule has 0 N–H and O–H groups in total. The Hall–Kier alpha value is -2.05. The monoisotopic (exact) mass is 342 g/mol. The first-order valence-electron chi connectivity index (χ1n) is 6.14. The minimum absolute atomic E-state index is 0.0430. The normalized spacial score (nSPS) is 10.4. The molecule has 2 rings (SSSR count).